The lowest BCUT2D eigenvalue weighted by Gasteiger charge is -2.29. The maximum absolute atomic E-state index is 13.1. The molecule has 86 heavy (non-hydrogen) atoms. The Morgan fingerprint density at radius 1 is 0.395 bits per heavy atom. The molecule has 2 N–H and O–H groups in total. The number of carbonyl (C=O) groups is 1. The van der Waals surface area contributed by atoms with E-state index in [1.54, 1.807) is 6.08 Å². The number of aliphatic hydroxyl groups excluding tert-OH is 1. The molecule has 9 heteroatoms. The van der Waals surface area contributed by atoms with Crippen LogP contribution in [0.3, 0.4) is 0 Å². The van der Waals surface area contributed by atoms with E-state index in [1.165, 1.54) is 353 Å². The zero-order valence-corrected chi connectivity index (χ0v) is 59.7. The number of hydrogen-bond acceptors (Lipinski definition) is 6. The van der Waals surface area contributed by atoms with E-state index in [4.69, 9.17) is 9.05 Å². The first-order valence-corrected chi connectivity index (χ1v) is 40.2. The zero-order valence-electron chi connectivity index (χ0n) is 58.8. The number of allylic oxidation sites excluding steroid dienone is 3. The standard InChI is InChI=1S/C77H153N2O6P/c1-6-8-10-12-14-16-18-20-22-24-26-28-30-32-34-36-38-39-41-43-45-47-49-51-53-55-57-59-61-63-65-67-69-71-77(81)78-75(74-85-86(82,83)84-73-72-79(3,4)5)76(80)70-68-66-64-62-60-58-56-54-52-50-48-46-44-42-40-37-35-33-31-29-27-25-23-21-19-17-15-13-11-9-7-2/h24,26,68,70,75-76,80H,6-23,25,27-67,69,71-74H2,1-5H3,(H-,78,81,82,83)/b26-24-,70-68+. The van der Waals surface area contributed by atoms with Gasteiger partial charge < -0.3 is 28.8 Å². The molecule has 512 valence electrons. The Morgan fingerprint density at radius 2 is 0.640 bits per heavy atom. The topological polar surface area (TPSA) is 108 Å². The molecule has 0 rings (SSSR count). The van der Waals surface area contributed by atoms with Gasteiger partial charge in [-0.25, -0.2) is 0 Å². The number of quaternary nitrogens is 1. The van der Waals surface area contributed by atoms with Crippen LogP contribution in [0.1, 0.15) is 412 Å². The molecule has 0 radical (unpaired) electrons. The Hall–Kier alpha value is -1.02. The van der Waals surface area contributed by atoms with Crippen LogP contribution < -0.4 is 10.2 Å². The molecule has 0 aliphatic rings. The van der Waals surface area contributed by atoms with E-state index in [1.807, 2.05) is 27.2 Å². The van der Waals surface area contributed by atoms with Crippen molar-refractivity contribution in [3.63, 3.8) is 0 Å². The van der Waals surface area contributed by atoms with Gasteiger partial charge in [-0.3, -0.25) is 9.36 Å². The fourth-order valence-corrected chi connectivity index (χ4v) is 12.9. The van der Waals surface area contributed by atoms with Gasteiger partial charge in [0, 0.05) is 6.42 Å². The molecule has 0 aromatic heterocycles. The number of hydrogen-bond donors (Lipinski definition) is 2. The van der Waals surface area contributed by atoms with Crippen LogP contribution in [0, 0.1) is 0 Å². The highest BCUT2D eigenvalue weighted by Crippen LogP contribution is 2.38. The van der Waals surface area contributed by atoms with Crippen molar-refractivity contribution < 1.29 is 32.9 Å². The van der Waals surface area contributed by atoms with Crippen molar-refractivity contribution in [1.29, 1.82) is 0 Å². The molecule has 3 unspecified atom stereocenters. The summed E-state index contributed by atoms with van der Waals surface area (Å²) < 4.78 is 23.5. The van der Waals surface area contributed by atoms with Crippen molar-refractivity contribution in [2.24, 2.45) is 0 Å². The fraction of sp³-hybridized carbons (Fsp3) is 0.935. The Kier molecular flexibility index (Phi) is 67.5. The highest BCUT2D eigenvalue weighted by atomic mass is 31.2. The largest absolute Gasteiger partial charge is 0.756 e. The van der Waals surface area contributed by atoms with E-state index < -0.39 is 20.0 Å². The van der Waals surface area contributed by atoms with Crippen molar-refractivity contribution in [2.75, 3.05) is 40.9 Å². The predicted octanol–water partition coefficient (Wildman–Crippen LogP) is 24.4. The SMILES string of the molecule is CCCCCCCCCC/C=C\CCCCCCCCCCCCCCCCCCCCCCCC(=O)NC(COP(=O)([O-])OCC[N+](C)(C)C)C(O)/C=C/CCCCCCCCCCCCCCCCCCCCCCCCCCCCCCC. The van der Waals surface area contributed by atoms with Gasteiger partial charge >= 0.3 is 0 Å². The lowest BCUT2D eigenvalue weighted by Crippen LogP contribution is -2.45. The van der Waals surface area contributed by atoms with Gasteiger partial charge in [-0.1, -0.05) is 385 Å². The molecule has 0 spiro atoms. The number of unbranched alkanes of at least 4 members (excludes halogenated alkanes) is 58. The van der Waals surface area contributed by atoms with E-state index >= 15 is 0 Å². The van der Waals surface area contributed by atoms with Crippen LogP contribution in [0.15, 0.2) is 24.3 Å². The average molecular weight is 1230 g/mol. The van der Waals surface area contributed by atoms with Crippen LogP contribution in [-0.2, 0) is 18.4 Å². The molecule has 0 saturated carbocycles. The number of rotatable bonds is 73. The van der Waals surface area contributed by atoms with Gasteiger partial charge in [0.15, 0.2) is 0 Å². The molecule has 0 bridgehead atoms. The second-order valence-electron chi connectivity index (χ2n) is 28.1. The molecule has 0 fully saturated rings. The number of aliphatic hydroxyl groups is 1. The summed E-state index contributed by atoms with van der Waals surface area (Å²) in [5, 5.41) is 14.0. The van der Waals surface area contributed by atoms with Crippen LogP contribution in [0.2, 0.25) is 0 Å². The van der Waals surface area contributed by atoms with E-state index in [2.05, 4.69) is 31.3 Å². The summed E-state index contributed by atoms with van der Waals surface area (Å²) in [5.41, 5.74) is 0. The van der Waals surface area contributed by atoms with E-state index in [0.717, 1.165) is 38.5 Å². The lowest BCUT2D eigenvalue weighted by atomic mass is 10.0. The smallest absolute Gasteiger partial charge is 0.268 e. The number of phosphoric ester groups is 1. The van der Waals surface area contributed by atoms with E-state index in [-0.39, 0.29) is 19.1 Å². The van der Waals surface area contributed by atoms with Crippen LogP contribution in [-0.4, -0.2) is 68.5 Å². The van der Waals surface area contributed by atoms with Gasteiger partial charge in [-0.05, 0) is 44.9 Å². The van der Waals surface area contributed by atoms with Crippen molar-refractivity contribution in [1.82, 2.24) is 5.32 Å². The monoisotopic (exact) mass is 1230 g/mol. The van der Waals surface area contributed by atoms with Crippen molar-refractivity contribution in [3.05, 3.63) is 24.3 Å². The third kappa shape index (κ3) is 70.4. The lowest BCUT2D eigenvalue weighted by molar-refractivity contribution is -0.870. The zero-order chi connectivity index (χ0) is 62.6. The van der Waals surface area contributed by atoms with Crippen molar-refractivity contribution in [3.8, 4) is 0 Å². The van der Waals surface area contributed by atoms with Gasteiger partial charge in [0.2, 0.25) is 5.91 Å². The Labute approximate surface area is 538 Å². The highest BCUT2D eigenvalue weighted by molar-refractivity contribution is 7.45. The van der Waals surface area contributed by atoms with E-state index in [9.17, 15) is 19.4 Å². The minimum atomic E-state index is -4.60. The number of nitrogens with one attached hydrogen (secondary N) is 1. The minimum Gasteiger partial charge on any atom is -0.756 e. The summed E-state index contributed by atoms with van der Waals surface area (Å²) in [5.74, 6) is -0.187. The second kappa shape index (κ2) is 68.3. The molecule has 8 nitrogen and oxygen atoms in total. The first-order chi connectivity index (χ1) is 42.0. The van der Waals surface area contributed by atoms with Crippen LogP contribution in [0.5, 0.6) is 0 Å². The quantitative estimate of drug-likeness (QED) is 0.0272. The molecule has 0 saturated heterocycles. The molecule has 1 amide bonds. The molecule has 0 aromatic carbocycles. The Morgan fingerprint density at radius 3 is 0.907 bits per heavy atom. The summed E-state index contributed by atoms with van der Waals surface area (Å²) in [6.45, 7) is 4.72. The van der Waals surface area contributed by atoms with Gasteiger partial charge in [0.1, 0.15) is 13.2 Å². The normalized spacial score (nSPS) is 13.6. The van der Waals surface area contributed by atoms with Crippen molar-refractivity contribution in [2.45, 2.75) is 424 Å². The average Bonchev–Trinajstić information content (AvgIpc) is 3.70. The van der Waals surface area contributed by atoms with Gasteiger partial charge in [0.05, 0.1) is 39.9 Å². The fourth-order valence-electron chi connectivity index (χ4n) is 12.2. The molecular formula is C77H153N2O6P. The van der Waals surface area contributed by atoms with Crippen LogP contribution in [0.25, 0.3) is 0 Å². The minimum absolute atomic E-state index is 0.00220. The summed E-state index contributed by atoms with van der Waals surface area (Å²) in [7, 11) is 1.28. The third-order valence-electron chi connectivity index (χ3n) is 18.2. The predicted molar refractivity (Wildman–Crippen MR) is 376 cm³/mol. The number of carbonyl (C=O) groups excluding carboxylic acids is 1. The van der Waals surface area contributed by atoms with Gasteiger partial charge in [-0.15, -0.1) is 0 Å². The summed E-state index contributed by atoms with van der Waals surface area (Å²) >= 11 is 0. The third-order valence-corrected chi connectivity index (χ3v) is 19.1. The molecule has 0 aliphatic carbocycles. The molecular weight excluding hydrogens is 1080 g/mol. The van der Waals surface area contributed by atoms with Crippen LogP contribution >= 0.6 is 7.82 Å². The summed E-state index contributed by atoms with van der Waals surface area (Å²) in [6, 6.07) is -0.886. The summed E-state index contributed by atoms with van der Waals surface area (Å²) in [6.07, 6.45) is 90.5. The van der Waals surface area contributed by atoms with Gasteiger partial charge in [-0.2, -0.15) is 0 Å². The second-order valence-corrected chi connectivity index (χ2v) is 29.5. The first kappa shape index (κ1) is 85.0. The number of nitrogens with zero attached hydrogens (tertiary/aromatic N) is 1. The van der Waals surface area contributed by atoms with Crippen molar-refractivity contribution >= 4 is 13.7 Å². The first-order valence-electron chi connectivity index (χ1n) is 38.7. The highest BCUT2D eigenvalue weighted by Gasteiger charge is 2.23. The molecule has 0 aliphatic heterocycles. The molecule has 0 aromatic rings. The Balaban J connectivity index is 3.97. The van der Waals surface area contributed by atoms with E-state index in [0.29, 0.717) is 17.4 Å². The number of amides is 1. The molecule has 0 heterocycles. The maximum Gasteiger partial charge on any atom is 0.268 e. The maximum atomic E-state index is 13.1. The van der Waals surface area contributed by atoms with Gasteiger partial charge in [0.25, 0.3) is 7.82 Å². The molecule has 3 atom stereocenters. The summed E-state index contributed by atoms with van der Waals surface area (Å²) in [4.78, 5) is 25.7. The number of likely N-dealkylation sites (N-methyl/N-ethyl adjacent to an activating group) is 1. The van der Waals surface area contributed by atoms with Crippen LogP contribution in [0.4, 0.5) is 0 Å². The number of phosphoric acid groups is 1. The Bertz CT molecular complexity index is 1450.